The zero-order chi connectivity index (χ0) is 17.9. The molecular formula is C16H18N2O6. The van der Waals surface area contributed by atoms with E-state index in [0.717, 1.165) is 0 Å². The molecule has 0 spiro atoms. The van der Waals surface area contributed by atoms with Crippen molar-refractivity contribution in [1.29, 1.82) is 0 Å². The van der Waals surface area contributed by atoms with Crippen molar-refractivity contribution in [2.24, 2.45) is 0 Å². The van der Waals surface area contributed by atoms with E-state index in [1.807, 2.05) is 0 Å². The number of pyridine rings is 2. The molecule has 2 heterocycles. The van der Waals surface area contributed by atoms with E-state index in [4.69, 9.17) is 0 Å². The Hall–Kier alpha value is -2.39. The van der Waals surface area contributed by atoms with Crippen LogP contribution in [0.3, 0.4) is 0 Å². The molecule has 0 saturated heterocycles. The van der Waals surface area contributed by atoms with Crippen molar-refractivity contribution in [2.75, 3.05) is 0 Å². The molecule has 2 rings (SSSR count). The summed E-state index contributed by atoms with van der Waals surface area (Å²) < 4.78 is 0. The number of H-pyrrole nitrogens is 1. The van der Waals surface area contributed by atoms with Gasteiger partial charge in [0.05, 0.1) is 11.7 Å². The van der Waals surface area contributed by atoms with Crippen LogP contribution >= 0.6 is 0 Å². The first-order chi connectivity index (χ1) is 11.3. The summed E-state index contributed by atoms with van der Waals surface area (Å²) in [7, 11) is 0. The van der Waals surface area contributed by atoms with Gasteiger partial charge in [-0.25, -0.2) is 0 Å². The summed E-state index contributed by atoms with van der Waals surface area (Å²) in [5.41, 5.74) is 0.0942. The number of ketones is 1. The van der Waals surface area contributed by atoms with E-state index in [2.05, 4.69) is 9.97 Å². The Kier molecular flexibility index (Phi) is 5.58. The first-order valence-corrected chi connectivity index (χ1v) is 7.22. The number of rotatable bonds is 6. The zero-order valence-electron chi connectivity index (χ0n) is 12.8. The van der Waals surface area contributed by atoms with Crippen LogP contribution in [-0.4, -0.2) is 60.6 Å². The predicted molar refractivity (Wildman–Crippen MR) is 84.3 cm³/mol. The summed E-state index contributed by atoms with van der Waals surface area (Å²) in [5.74, 6) is -1.06. The van der Waals surface area contributed by atoms with Crippen molar-refractivity contribution in [1.82, 2.24) is 9.97 Å². The number of nitrogens with zero attached hydrogens (tertiary/aromatic N) is 1. The molecule has 0 aliphatic carbocycles. The first-order valence-electron chi connectivity index (χ1n) is 7.22. The Morgan fingerprint density at radius 3 is 2.29 bits per heavy atom. The first kappa shape index (κ1) is 18.0. The van der Waals surface area contributed by atoms with E-state index in [1.165, 1.54) is 19.2 Å². The minimum absolute atomic E-state index is 0.367. The maximum atomic E-state index is 12.3. The second kappa shape index (κ2) is 7.45. The Balaban J connectivity index is 2.34. The second-order valence-corrected chi connectivity index (χ2v) is 5.40. The van der Waals surface area contributed by atoms with Gasteiger partial charge in [-0.1, -0.05) is 0 Å². The molecule has 128 valence electrons. The topological polar surface area (TPSA) is 144 Å². The molecule has 5 N–H and O–H groups in total. The Morgan fingerprint density at radius 2 is 1.71 bits per heavy atom. The lowest BCUT2D eigenvalue weighted by Gasteiger charge is -2.23. The highest BCUT2D eigenvalue weighted by molar-refractivity contribution is 6.00. The number of carbonyl (C=O) groups is 1. The van der Waals surface area contributed by atoms with Gasteiger partial charge in [0, 0.05) is 18.6 Å². The fraction of sp³-hybridized carbons (Fsp3) is 0.312. The molecule has 0 aromatic carbocycles. The van der Waals surface area contributed by atoms with Gasteiger partial charge >= 0.3 is 0 Å². The number of nitrogens with one attached hydrogen (secondary N) is 1. The summed E-state index contributed by atoms with van der Waals surface area (Å²) in [4.78, 5) is 30.4. The maximum absolute atomic E-state index is 12.3. The Morgan fingerprint density at radius 1 is 1.08 bits per heavy atom. The standard InChI is InChI=1S/C16H18N2O6/c1-8(19)12(20)14(22)15(23)13(21)11-6-10(7-18-16(11)24)9-2-4-17-5-3-9/h2-8,12,14-15,19-20,22-23H,1H3,(H,18,24)/t8-,12-,14+,15+/m1/s1. The van der Waals surface area contributed by atoms with Crippen LogP contribution in [0.2, 0.25) is 0 Å². The van der Waals surface area contributed by atoms with Crippen LogP contribution in [0.25, 0.3) is 11.1 Å². The fourth-order valence-electron chi connectivity index (χ4n) is 2.16. The van der Waals surface area contributed by atoms with Gasteiger partial charge in [-0.2, -0.15) is 0 Å². The Labute approximate surface area is 137 Å². The van der Waals surface area contributed by atoms with Gasteiger partial charge in [0.15, 0.2) is 5.78 Å². The van der Waals surface area contributed by atoms with Crippen LogP contribution < -0.4 is 5.56 Å². The molecule has 0 unspecified atom stereocenters. The molecule has 2 aromatic heterocycles. The zero-order valence-corrected chi connectivity index (χ0v) is 12.8. The van der Waals surface area contributed by atoms with Crippen molar-refractivity contribution in [3.63, 3.8) is 0 Å². The van der Waals surface area contributed by atoms with Gasteiger partial charge in [0.2, 0.25) is 0 Å². The van der Waals surface area contributed by atoms with E-state index in [1.54, 1.807) is 24.5 Å². The summed E-state index contributed by atoms with van der Waals surface area (Å²) in [6, 6.07) is 4.62. The van der Waals surface area contributed by atoms with Gasteiger partial charge in [-0.15, -0.1) is 0 Å². The highest BCUT2D eigenvalue weighted by atomic mass is 16.4. The van der Waals surface area contributed by atoms with Crippen LogP contribution in [0.1, 0.15) is 17.3 Å². The summed E-state index contributed by atoms with van der Waals surface area (Å²) in [6.07, 6.45) is -2.58. The second-order valence-electron chi connectivity index (χ2n) is 5.40. The number of carbonyl (C=O) groups excluding carboxylic acids is 1. The van der Waals surface area contributed by atoms with Gasteiger partial charge in [-0.3, -0.25) is 14.6 Å². The van der Waals surface area contributed by atoms with Gasteiger partial charge in [0.25, 0.3) is 5.56 Å². The summed E-state index contributed by atoms with van der Waals surface area (Å²) in [5, 5.41) is 38.5. The average molecular weight is 334 g/mol. The summed E-state index contributed by atoms with van der Waals surface area (Å²) in [6.45, 7) is 1.20. The minimum Gasteiger partial charge on any atom is -0.391 e. The quantitative estimate of drug-likeness (QED) is 0.430. The largest absolute Gasteiger partial charge is 0.391 e. The third-order valence-electron chi connectivity index (χ3n) is 3.62. The molecular weight excluding hydrogens is 316 g/mol. The maximum Gasteiger partial charge on any atom is 0.258 e. The molecule has 8 nitrogen and oxygen atoms in total. The van der Waals surface area contributed by atoms with Crippen LogP contribution in [0.15, 0.2) is 41.6 Å². The number of aromatic nitrogens is 2. The number of hydrogen-bond donors (Lipinski definition) is 5. The molecule has 8 heteroatoms. The molecule has 0 bridgehead atoms. The van der Waals surface area contributed by atoms with Crippen LogP contribution in [0.4, 0.5) is 0 Å². The van der Waals surface area contributed by atoms with Crippen molar-refractivity contribution in [3.05, 3.63) is 52.7 Å². The molecule has 24 heavy (non-hydrogen) atoms. The number of hydrogen-bond acceptors (Lipinski definition) is 7. The van der Waals surface area contributed by atoms with E-state index in [0.29, 0.717) is 11.1 Å². The third kappa shape index (κ3) is 3.74. The molecule has 0 saturated carbocycles. The molecule has 0 radical (unpaired) electrons. The number of Topliss-reactive ketones (excluding diaryl/α,β-unsaturated/α-hetero) is 1. The van der Waals surface area contributed by atoms with Gasteiger partial charge < -0.3 is 25.4 Å². The highest BCUT2D eigenvalue weighted by Gasteiger charge is 2.34. The SMILES string of the molecule is C[C@@H](O)[C@@H](O)[C@H](O)[C@@H](O)C(=O)c1cc(-c2ccncc2)c[nH]c1=O. The highest BCUT2D eigenvalue weighted by Crippen LogP contribution is 2.18. The van der Waals surface area contributed by atoms with E-state index in [9.17, 15) is 30.0 Å². The lowest BCUT2D eigenvalue weighted by Crippen LogP contribution is -2.47. The van der Waals surface area contributed by atoms with Crippen molar-refractivity contribution in [3.8, 4) is 11.1 Å². The monoisotopic (exact) mass is 334 g/mol. The summed E-state index contributed by atoms with van der Waals surface area (Å²) >= 11 is 0. The smallest absolute Gasteiger partial charge is 0.258 e. The lowest BCUT2D eigenvalue weighted by molar-refractivity contribution is -0.0893. The van der Waals surface area contributed by atoms with E-state index in [-0.39, 0.29) is 5.56 Å². The molecule has 0 fully saturated rings. The van der Waals surface area contributed by atoms with Crippen molar-refractivity contribution < 1.29 is 25.2 Å². The van der Waals surface area contributed by atoms with Crippen molar-refractivity contribution in [2.45, 2.75) is 31.3 Å². The lowest BCUT2D eigenvalue weighted by atomic mass is 9.96. The van der Waals surface area contributed by atoms with Gasteiger partial charge in [-0.05, 0) is 36.2 Å². The third-order valence-corrected chi connectivity index (χ3v) is 3.62. The minimum atomic E-state index is -2.05. The molecule has 0 aliphatic heterocycles. The Bertz CT molecular complexity index is 759. The molecule has 4 atom stereocenters. The van der Waals surface area contributed by atoms with Gasteiger partial charge in [0.1, 0.15) is 18.3 Å². The van der Waals surface area contributed by atoms with Crippen LogP contribution in [0, 0.1) is 0 Å². The number of aliphatic hydroxyl groups excluding tert-OH is 4. The number of aliphatic hydroxyl groups is 4. The molecule has 0 aliphatic rings. The number of aromatic amines is 1. The van der Waals surface area contributed by atoms with E-state index < -0.39 is 35.8 Å². The molecule has 0 amide bonds. The molecule has 2 aromatic rings. The normalized spacial score (nSPS) is 16.2. The van der Waals surface area contributed by atoms with Crippen molar-refractivity contribution >= 4 is 5.78 Å². The fourth-order valence-corrected chi connectivity index (χ4v) is 2.16. The van der Waals surface area contributed by atoms with Crippen LogP contribution in [-0.2, 0) is 0 Å². The van der Waals surface area contributed by atoms with E-state index >= 15 is 0 Å². The average Bonchev–Trinajstić information content (AvgIpc) is 2.60. The van der Waals surface area contributed by atoms with Crippen LogP contribution in [0.5, 0.6) is 0 Å². The predicted octanol–water partition coefficient (Wildman–Crippen LogP) is -0.917.